The van der Waals surface area contributed by atoms with E-state index in [1.807, 2.05) is 20.8 Å². The van der Waals surface area contributed by atoms with Crippen LogP contribution in [-0.2, 0) is 15.3 Å². The third-order valence-electron chi connectivity index (χ3n) is 4.27. The molecule has 0 radical (unpaired) electrons. The van der Waals surface area contributed by atoms with Crippen LogP contribution in [0.25, 0.3) is 0 Å². The Morgan fingerprint density at radius 1 is 1.30 bits per heavy atom. The summed E-state index contributed by atoms with van der Waals surface area (Å²) in [7, 11) is -3.12. The van der Waals surface area contributed by atoms with Crippen LogP contribution < -0.4 is 4.74 Å². The van der Waals surface area contributed by atoms with Crippen molar-refractivity contribution in [2.45, 2.75) is 51.9 Å². The van der Waals surface area contributed by atoms with Gasteiger partial charge in [0, 0.05) is 5.41 Å². The Morgan fingerprint density at radius 2 is 2.00 bits per heavy atom. The molecule has 0 bridgehead atoms. The highest BCUT2D eigenvalue weighted by atomic mass is 32.2. The quantitative estimate of drug-likeness (QED) is 0.678. The van der Waals surface area contributed by atoms with Gasteiger partial charge in [0.05, 0.1) is 18.1 Å². The molecule has 0 N–H and O–H groups in total. The summed E-state index contributed by atoms with van der Waals surface area (Å²) in [6.07, 6.45) is 3.82. The van der Waals surface area contributed by atoms with Gasteiger partial charge in [-0.05, 0) is 42.9 Å². The molecule has 0 aromatic heterocycles. The van der Waals surface area contributed by atoms with Crippen LogP contribution in [0.5, 0.6) is 5.75 Å². The van der Waals surface area contributed by atoms with E-state index in [0.717, 1.165) is 24.8 Å². The molecule has 1 fully saturated rings. The normalized spacial score (nSPS) is 15.7. The Hall–Kier alpha value is -1.10. The molecule has 0 saturated heterocycles. The smallest absolute Gasteiger partial charge is 0.165 e. The third kappa shape index (κ3) is 5.48. The maximum atomic E-state index is 13.9. The van der Waals surface area contributed by atoms with E-state index >= 15 is 0 Å². The van der Waals surface area contributed by atoms with Crippen LogP contribution in [-0.4, -0.2) is 26.5 Å². The lowest BCUT2D eigenvalue weighted by atomic mass is 9.86. The Balaban J connectivity index is 2.12. The molecule has 1 aromatic carbocycles. The molecule has 3 nitrogen and oxygen atoms in total. The lowest BCUT2D eigenvalue weighted by Gasteiger charge is -2.25. The SMILES string of the molecule is CCCCS(=O)(=O)CC(C)(C)c1ccc(F)c(OCC2CC2)c1. The summed E-state index contributed by atoms with van der Waals surface area (Å²) >= 11 is 0. The molecule has 23 heavy (non-hydrogen) atoms. The zero-order chi connectivity index (χ0) is 17.1. The van der Waals surface area contributed by atoms with Crippen molar-refractivity contribution < 1.29 is 17.5 Å². The first-order chi connectivity index (χ1) is 10.7. The predicted octanol–water partition coefficient (Wildman–Crippen LogP) is 4.11. The van der Waals surface area contributed by atoms with Gasteiger partial charge in [-0.3, -0.25) is 0 Å². The molecule has 0 amide bonds. The molecule has 130 valence electrons. The van der Waals surface area contributed by atoms with Gasteiger partial charge in [-0.1, -0.05) is 33.3 Å². The third-order valence-corrected chi connectivity index (χ3v) is 6.35. The van der Waals surface area contributed by atoms with Gasteiger partial charge in [0.25, 0.3) is 0 Å². The Bertz CT molecular complexity index is 634. The van der Waals surface area contributed by atoms with E-state index in [1.165, 1.54) is 6.07 Å². The summed E-state index contributed by atoms with van der Waals surface area (Å²) in [5.74, 6) is 0.653. The molecule has 2 rings (SSSR count). The zero-order valence-corrected chi connectivity index (χ0v) is 15.1. The van der Waals surface area contributed by atoms with E-state index < -0.39 is 15.3 Å². The van der Waals surface area contributed by atoms with Crippen molar-refractivity contribution in [3.63, 3.8) is 0 Å². The lowest BCUT2D eigenvalue weighted by molar-refractivity contribution is 0.284. The van der Waals surface area contributed by atoms with E-state index in [1.54, 1.807) is 12.1 Å². The van der Waals surface area contributed by atoms with Gasteiger partial charge < -0.3 is 4.74 Å². The van der Waals surface area contributed by atoms with Crippen LogP contribution >= 0.6 is 0 Å². The summed E-state index contributed by atoms with van der Waals surface area (Å²) in [6.45, 7) is 6.28. The van der Waals surface area contributed by atoms with Crippen molar-refractivity contribution in [1.29, 1.82) is 0 Å². The number of hydrogen-bond acceptors (Lipinski definition) is 3. The van der Waals surface area contributed by atoms with Gasteiger partial charge in [0.1, 0.15) is 0 Å². The van der Waals surface area contributed by atoms with E-state index in [-0.39, 0.29) is 23.1 Å². The molecule has 0 atom stereocenters. The van der Waals surface area contributed by atoms with Crippen molar-refractivity contribution in [1.82, 2.24) is 0 Å². The fraction of sp³-hybridized carbons (Fsp3) is 0.667. The van der Waals surface area contributed by atoms with E-state index in [4.69, 9.17) is 4.74 Å². The summed E-state index contributed by atoms with van der Waals surface area (Å²) in [5.41, 5.74) is 0.225. The standard InChI is InChI=1S/C18H27FO3S/c1-4-5-10-23(20,21)13-18(2,3)15-8-9-16(19)17(11-15)22-12-14-6-7-14/h8-9,11,14H,4-7,10,12-13H2,1-3H3. The largest absolute Gasteiger partial charge is 0.490 e. The summed E-state index contributed by atoms with van der Waals surface area (Å²) in [5, 5.41) is 0. The highest BCUT2D eigenvalue weighted by molar-refractivity contribution is 7.91. The number of benzene rings is 1. The molecule has 0 spiro atoms. The van der Waals surface area contributed by atoms with Gasteiger partial charge >= 0.3 is 0 Å². The zero-order valence-electron chi connectivity index (χ0n) is 14.3. The van der Waals surface area contributed by atoms with Crippen molar-refractivity contribution in [3.05, 3.63) is 29.6 Å². The predicted molar refractivity (Wildman–Crippen MR) is 91.2 cm³/mol. The number of unbranched alkanes of at least 4 members (excludes halogenated alkanes) is 1. The molecule has 0 aliphatic heterocycles. The number of halogens is 1. The first kappa shape index (κ1) is 18.2. The van der Waals surface area contributed by atoms with E-state index in [9.17, 15) is 12.8 Å². The van der Waals surface area contributed by atoms with Crippen LogP contribution in [0, 0.1) is 11.7 Å². The first-order valence-electron chi connectivity index (χ1n) is 8.37. The monoisotopic (exact) mass is 342 g/mol. The molecule has 0 heterocycles. The average molecular weight is 342 g/mol. The minimum atomic E-state index is -3.12. The van der Waals surface area contributed by atoms with Crippen LogP contribution in [0.2, 0.25) is 0 Å². The molecule has 1 aromatic rings. The van der Waals surface area contributed by atoms with Crippen LogP contribution in [0.15, 0.2) is 18.2 Å². The van der Waals surface area contributed by atoms with E-state index in [0.29, 0.717) is 18.9 Å². The fourth-order valence-corrected chi connectivity index (χ4v) is 4.74. The lowest BCUT2D eigenvalue weighted by Crippen LogP contribution is -2.30. The average Bonchev–Trinajstić information content (AvgIpc) is 3.27. The summed E-state index contributed by atoms with van der Waals surface area (Å²) in [6, 6.07) is 4.69. The van der Waals surface area contributed by atoms with Gasteiger partial charge in [-0.15, -0.1) is 0 Å². The second-order valence-corrected chi connectivity index (χ2v) is 9.41. The van der Waals surface area contributed by atoms with Crippen molar-refractivity contribution in [2.75, 3.05) is 18.1 Å². The second kappa shape index (κ2) is 7.20. The summed E-state index contributed by atoms with van der Waals surface area (Å²) in [4.78, 5) is 0. The molecule has 0 unspecified atom stereocenters. The fourth-order valence-electron chi connectivity index (χ4n) is 2.60. The first-order valence-corrected chi connectivity index (χ1v) is 10.2. The van der Waals surface area contributed by atoms with Gasteiger partial charge in [0.15, 0.2) is 21.4 Å². The molecule has 1 saturated carbocycles. The molecular formula is C18H27FO3S. The Labute approximate surface area is 139 Å². The van der Waals surface area contributed by atoms with Crippen LogP contribution in [0.3, 0.4) is 0 Å². The highest BCUT2D eigenvalue weighted by Crippen LogP contribution is 2.33. The second-order valence-electron chi connectivity index (χ2n) is 7.23. The van der Waals surface area contributed by atoms with Crippen LogP contribution in [0.1, 0.15) is 52.0 Å². The topological polar surface area (TPSA) is 43.4 Å². The molecule has 1 aliphatic carbocycles. The molecular weight excluding hydrogens is 315 g/mol. The highest BCUT2D eigenvalue weighted by Gasteiger charge is 2.29. The molecule has 5 heteroatoms. The van der Waals surface area contributed by atoms with Crippen molar-refractivity contribution in [2.24, 2.45) is 5.92 Å². The summed E-state index contributed by atoms with van der Waals surface area (Å²) < 4.78 is 44.0. The van der Waals surface area contributed by atoms with Gasteiger partial charge in [-0.2, -0.15) is 0 Å². The van der Waals surface area contributed by atoms with E-state index in [2.05, 4.69) is 0 Å². The van der Waals surface area contributed by atoms with Crippen LogP contribution in [0.4, 0.5) is 4.39 Å². The maximum Gasteiger partial charge on any atom is 0.165 e. The van der Waals surface area contributed by atoms with Gasteiger partial charge in [0.2, 0.25) is 0 Å². The Morgan fingerprint density at radius 3 is 2.61 bits per heavy atom. The minimum Gasteiger partial charge on any atom is -0.490 e. The minimum absolute atomic E-state index is 0.0632. The number of sulfone groups is 1. The Kier molecular flexibility index (Phi) is 5.71. The maximum absolute atomic E-state index is 13.9. The number of hydrogen-bond donors (Lipinski definition) is 0. The van der Waals surface area contributed by atoms with Gasteiger partial charge in [-0.25, -0.2) is 12.8 Å². The van der Waals surface area contributed by atoms with Crippen molar-refractivity contribution in [3.8, 4) is 5.75 Å². The van der Waals surface area contributed by atoms with Crippen molar-refractivity contribution >= 4 is 9.84 Å². The number of rotatable bonds is 9. The number of ether oxygens (including phenoxy) is 1. The molecule has 1 aliphatic rings.